The molecule has 0 aromatic heterocycles. The van der Waals surface area contributed by atoms with E-state index in [-0.39, 0.29) is 18.1 Å². The molecule has 0 bridgehead atoms. The van der Waals surface area contributed by atoms with Crippen LogP contribution in [0.5, 0.6) is 11.5 Å². The Kier molecular flexibility index (Phi) is 5.99. The largest absolute Gasteiger partial charge is 0.483 e. The lowest BCUT2D eigenvalue weighted by atomic mass is 9.90. The fourth-order valence-electron chi connectivity index (χ4n) is 2.65. The Hall–Kier alpha value is -2.75. The summed E-state index contributed by atoms with van der Waals surface area (Å²) in [6.07, 6.45) is 0.762. The number of rotatable bonds is 7. The number of benzene rings is 1. The van der Waals surface area contributed by atoms with Crippen LogP contribution in [-0.2, 0) is 20.7 Å². The van der Waals surface area contributed by atoms with E-state index < -0.39 is 24.0 Å². The van der Waals surface area contributed by atoms with Gasteiger partial charge in [0, 0.05) is 12.0 Å². The highest BCUT2D eigenvalue weighted by molar-refractivity contribution is 5.81. The standard InChI is InChI=1S/C20H26N2O5/c1-13(2)20(5,12-21)22-16(23)10-26-17(24)11-25-15-8-6-7-14-9-19(3,4)27-18(14)15/h6-8,13H,9-11H2,1-5H3,(H,22,23). The maximum Gasteiger partial charge on any atom is 0.344 e. The average Bonchev–Trinajstić information content (AvgIpc) is 2.92. The van der Waals surface area contributed by atoms with Gasteiger partial charge in [-0.2, -0.15) is 5.26 Å². The minimum atomic E-state index is -1.02. The molecule has 1 N–H and O–H groups in total. The third kappa shape index (κ3) is 5.13. The molecule has 7 nitrogen and oxygen atoms in total. The van der Waals surface area contributed by atoms with E-state index >= 15 is 0 Å². The Morgan fingerprint density at radius 1 is 1.37 bits per heavy atom. The van der Waals surface area contributed by atoms with Crippen molar-refractivity contribution in [3.05, 3.63) is 23.8 Å². The van der Waals surface area contributed by atoms with Crippen LogP contribution < -0.4 is 14.8 Å². The molecule has 0 radical (unpaired) electrons. The molecule has 1 aliphatic rings. The Morgan fingerprint density at radius 3 is 2.70 bits per heavy atom. The molecule has 0 saturated heterocycles. The Labute approximate surface area is 159 Å². The van der Waals surface area contributed by atoms with E-state index in [2.05, 4.69) is 11.4 Å². The molecule has 1 atom stereocenters. The molecule has 2 rings (SSSR count). The highest BCUT2D eigenvalue weighted by Crippen LogP contribution is 2.41. The number of nitrogens with zero attached hydrogens (tertiary/aromatic N) is 1. The lowest BCUT2D eigenvalue weighted by molar-refractivity contribution is -0.150. The van der Waals surface area contributed by atoms with Gasteiger partial charge in [0.15, 0.2) is 24.7 Å². The molecule has 146 valence electrons. The van der Waals surface area contributed by atoms with Crippen LogP contribution in [0.25, 0.3) is 0 Å². The van der Waals surface area contributed by atoms with E-state index in [0.717, 1.165) is 12.0 Å². The zero-order valence-corrected chi connectivity index (χ0v) is 16.4. The van der Waals surface area contributed by atoms with Crippen molar-refractivity contribution < 1.29 is 23.8 Å². The predicted molar refractivity (Wildman–Crippen MR) is 98.3 cm³/mol. The van der Waals surface area contributed by atoms with E-state index in [1.807, 2.05) is 39.8 Å². The molecule has 0 spiro atoms. The zero-order valence-electron chi connectivity index (χ0n) is 16.4. The van der Waals surface area contributed by atoms with Gasteiger partial charge >= 0.3 is 5.97 Å². The number of hydrogen-bond acceptors (Lipinski definition) is 6. The van der Waals surface area contributed by atoms with Gasteiger partial charge in [-0.25, -0.2) is 4.79 Å². The number of nitrogens with one attached hydrogen (secondary N) is 1. The minimum Gasteiger partial charge on any atom is -0.483 e. The second kappa shape index (κ2) is 7.87. The molecule has 1 aromatic carbocycles. The highest BCUT2D eigenvalue weighted by atomic mass is 16.6. The number of hydrogen-bond donors (Lipinski definition) is 1. The topological polar surface area (TPSA) is 97.7 Å². The summed E-state index contributed by atoms with van der Waals surface area (Å²) < 4.78 is 16.3. The number of para-hydroxylation sites is 1. The van der Waals surface area contributed by atoms with Gasteiger partial charge in [-0.05, 0) is 32.8 Å². The molecule has 7 heteroatoms. The summed E-state index contributed by atoms with van der Waals surface area (Å²) in [6, 6.07) is 7.58. The first-order chi connectivity index (χ1) is 12.6. The summed E-state index contributed by atoms with van der Waals surface area (Å²) in [4.78, 5) is 23.8. The van der Waals surface area contributed by atoms with Gasteiger partial charge < -0.3 is 19.5 Å². The van der Waals surface area contributed by atoms with Crippen molar-refractivity contribution >= 4 is 11.9 Å². The van der Waals surface area contributed by atoms with E-state index in [1.165, 1.54) is 0 Å². The minimum absolute atomic E-state index is 0.0880. The van der Waals surface area contributed by atoms with E-state index in [0.29, 0.717) is 11.5 Å². The van der Waals surface area contributed by atoms with E-state index in [1.54, 1.807) is 13.0 Å². The summed E-state index contributed by atoms with van der Waals surface area (Å²) in [7, 11) is 0. The summed E-state index contributed by atoms with van der Waals surface area (Å²) in [5, 5.41) is 11.8. The van der Waals surface area contributed by atoms with Crippen LogP contribution >= 0.6 is 0 Å². The monoisotopic (exact) mass is 374 g/mol. The number of ether oxygens (including phenoxy) is 3. The average molecular weight is 374 g/mol. The number of amides is 1. The molecule has 0 saturated carbocycles. The third-order valence-corrected chi connectivity index (χ3v) is 4.55. The van der Waals surface area contributed by atoms with Gasteiger partial charge in [-0.1, -0.05) is 26.0 Å². The number of carbonyl (C=O) groups is 2. The summed E-state index contributed by atoms with van der Waals surface area (Å²) in [6.45, 7) is 8.43. The van der Waals surface area contributed by atoms with Gasteiger partial charge in [0.05, 0.1) is 6.07 Å². The number of carbonyl (C=O) groups excluding carboxylic acids is 2. The molecular formula is C20H26N2O5. The molecule has 0 fully saturated rings. The van der Waals surface area contributed by atoms with Crippen LogP contribution in [0.3, 0.4) is 0 Å². The van der Waals surface area contributed by atoms with Gasteiger partial charge in [0.25, 0.3) is 5.91 Å². The maximum atomic E-state index is 11.9. The second-order valence-electron chi connectivity index (χ2n) is 7.75. The van der Waals surface area contributed by atoms with Crippen molar-refractivity contribution in [2.24, 2.45) is 5.92 Å². The normalized spacial score (nSPS) is 16.5. The van der Waals surface area contributed by atoms with Gasteiger partial charge in [-0.3, -0.25) is 4.79 Å². The van der Waals surface area contributed by atoms with Crippen LogP contribution in [0, 0.1) is 17.2 Å². The number of esters is 1. The number of nitriles is 1. The zero-order chi connectivity index (χ0) is 20.2. The van der Waals surface area contributed by atoms with E-state index in [9.17, 15) is 14.9 Å². The quantitative estimate of drug-likeness (QED) is 0.736. The van der Waals surface area contributed by atoms with Gasteiger partial charge in [0.2, 0.25) is 0 Å². The SMILES string of the molecule is CC(C)C(C)(C#N)NC(=O)COC(=O)COc1cccc2c1OC(C)(C)C2. The molecular weight excluding hydrogens is 348 g/mol. The van der Waals surface area contributed by atoms with Crippen molar-refractivity contribution in [3.63, 3.8) is 0 Å². The molecule has 1 amide bonds. The van der Waals surface area contributed by atoms with Crippen molar-refractivity contribution in [3.8, 4) is 17.6 Å². The lowest BCUT2D eigenvalue weighted by Gasteiger charge is -2.27. The van der Waals surface area contributed by atoms with E-state index in [4.69, 9.17) is 14.2 Å². The molecule has 1 aliphatic heterocycles. The second-order valence-corrected chi connectivity index (χ2v) is 7.75. The van der Waals surface area contributed by atoms with Crippen molar-refractivity contribution in [2.45, 2.75) is 52.2 Å². The van der Waals surface area contributed by atoms with Gasteiger partial charge in [-0.15, -0.1) is 0 Å². The molecule has 1 heterocycles. The molecule has 1 aromatic rings. The summed E-state index contributed by atoms with van der Waals surface area (Å²) in [5.41, 5.74) is -0.312. The van der Waals surface area contributed by atoms with Crippen LogP contribution in [0.4, 0.5) is 0 Å². The van der Waals surface area contributed by atoms with Crippen molar-refractivity contribution in [1.82, 2.24) is 5.32 Å². The molecule has 0 aliphatic carbocycles. The summed E-state index contributed by atoms with van der Waals surface area (Å²) >= 11 is 0. The van der Waals surface area contributed by atoms with Crippen LogP contribution in [0.15, 0.2) is 18.2 Å². The third-order valence-electron chi connectivity index (χ3n) is 4.55. The van der Waals surface area contributed by atoms with Crippen LogP contribution in [0.1, 0.15) is 40.2 Å². The fraction of sp³-hybridized carbons (Fsp3) is 0.550. The number of fused-ring (bicyclic) bond motifs is 1. The lowest BCUT2D eigenvalue weighted by Crippen LogP contribution is -2.50. The van der Waals surface area contributed by atoms with Crippen LogP contribution in [0.2, 0.25) is 0 Å². The van der Waals surface area contributed by atoms with Gasteiger partial charge in [0.1, 0.15) is 11.1 Å². The van der Waals surface area contributed by atoms with Crippen LogP contribution in [-0.4, -0.2) is 36.2 Å². The maximum absolute atomic E-state index is 11.9. The predicted octanol–water partition coefficient (Wildman–Crippen LogP) is 2.38. The molecule has 27 heavy (non-hydrogen) atoms. The van der Waals surface area contributed by atoms with Crippen molar-refractivity contribution in [2.75, 3.05) is 13.2 Å². The summed E-state index contributed by atoms with van der Waals surface area (Å²) in [5.74, 6) is -0.198. The Balaban J connectivity index is 1.84. The Morgan fingerprint density at radius 2 is 2.07 bits per heavy atom. The first-order valence-electron chi connectivity index (χ1n) is 8.88. The first-order valence-corrected chi connectivity index (χ1v) is 8.88. The smallest absolute Gasteiger partial charge is 0.344 e. The molecule has 1 unspecified atom stereocenters. The first kappa shape index (κ1) is 20.6. The highest BCUT2D eigenvalue weighted by Gasteiger charge is 2.32. The fourth-order valence-corrected chi connectivity index (χ4v) is 2.65. The van der Waals surface area contributed by atoms with Crippen molar-refractivity contribution in [1.29, 1.82) is 5.26 Å². The Bertz CT molecular complexity index is 766.